The van der Waals surface area contributed by atoms with Gasteiger partial charge in [0.05, 0.1) is 17.7 Å². The Balaban J connectivity index is 1.88. The Kier molecular flexibility index (Phi) is 7.43. The lowest BCUT2D eigenvalue weighted by Crippen LogP contribution is -2.33. The van der Waals surface area contributed by atoms with E-state index in [9.17, 15) is 14.7 Å². The van der Waals surface area contributed by atoms with Crippen LogP contribution in [0.25, 0.3) is 0 Å². The normalized spacial score (nSPS) is 18.2. The summed E-state index contributed by atoms with van der Waals surface area (Å²) in [7, 11) is 0. The Morgan fingerprint density at radius 2 is 2.12 bits per heavy atom. The van der Waals surface area contributed by atoms with Gasteiger partial charge in [-0.3, -0.25) is 4.79 Å². The molecule has 2 unspecified atom stereocenters. The highest BCUT2D eigenvalue weighted by Crippen LogP contribution is 2.21. The largest absolute Gasteiger partial charge is 0.478 e. The molecule has 138 valence electrons. The molecule has 5 nitrogen and oxygen atoms in total. The van der Waals surface area contributed by atoms with E-state index < -0.39 is 12.1 Å². The number of hydrogen-bond donors (Lipinski definition) is 2. The lowest BCUT2D eigenvalue weighted by Gasteiger charge is -2.22. The van der Waals surface area contributed by atoms with E-state index in [0.29, 0.717) is 32.2 Å². The Morgan fingerprint density at radius 3 is 2.77 bits per heavy atom. The maximum absolute atomic E-state index is 12.1. The number of carboxylic acids is 1. The molecule has 0 radical (unpaired) electrons. The molecule has 0 spiro atoms. The Labute approximate surface area is 154 Å². The van der Waals surface area contributed by atoms with Gasteiger partial charge in [0.15, 0.2) is 0 Å². The third-order valence-corrected chi connectivity index (χ3v) is 4.59. The second-order valence-electron chi connectivity index (χ2n) is 6.49. The van der Waals surface area contributed by atoms with Crippen LogP contribution in [-0.4, -0.2) is 45.7 Å². The van der Waals surface area contributed by atoms with Gasteiger partial charge < -0.3 is 15.1 Å². The number of aromatic carboxylic acids is 1. The highest BCUT2D eigenvalue weighted by Gasteiger charge is 2.28. The third kappa shape index (κ3) is 5.75. The summed E-state index contributed by atoms with van der Waals surface area (Å²) in [5.41, 5.74) is 1.25. The number of hydrogen-bond acceptors (Lipinski definition) is 3. The molecule has 26 heavy (non-hydrogen) atoms. The molecule has 0 aliphatic carbocycles. The van der Waals surface area contributed by atoms with Crippen molar-refractivity contribution < 1.29 is 19.8 Å². The molecule has 1 amide bonds. The number of benzene rings is 1. The number of aliphatic hydroxyl groups excluding tert-OH is 1. The van der Waals surface area contributed by atoms with Crippen LogP contribution in [0.2, 0.25) is 0 Å². The van der Waals surface area contributed by atoms with Crippen molar-refractivity contribution >= 4 is 11.9 Å². The zero-order chi connectivity index (χ0) is 18.9. The van der Waals surface area contributed by atoms with Gasteiger partial charge in [0.2, 0.25) is 5.91 Å². The molecule has 1 heterocycles. The zero-order valence-electron chi connectivity index (χ0n) is 14.8. The van der Waals surface area contributed by atoms with Crippen LogP contribution in [0.4, 0.5) is 0 Å². The number of terminal acetylenes is 1. The summed E-state index contributed by atoms with van der Waals surface area (Å²) in [5.74, 6) is 1.72. The minimum Gasteiger partial charge on any atom is -0.478 e. The summed E-state index contributed by atoms with van der Waals surface area (Å²) in [5, 5.41) is 18.9. The Hall–Kier alpha value is -2.58. The van der Waals surface area contributed by atoms with Crippen LogP contribution in [0, 0.1) is 12.3 Å². The number of aliphatic hydroxyl groups is 1. The van der Waals surface area contributed by atoms with Crippen molar-refractivity contribution in [3.05, 3.63) is 47.5 Å². The predicted molar refractivity (Wildman–Crippen MR) is 99.7 cm³/mol. The third-order valence-electron chi connectivity index (χ3n) is 4.59. The summed E-state index contributed by atoms with van der Waals surface area (Å²) in [6.07, 6.45) is 12.3. The maximum atomic E-state index is 12.1. The van der Waals surface area contributed by atoms with Crippen molar-refractivity contribution in [3.63, 3.8) is 0 Å². The van der Waals surface area contributed by atoms with E-state index in [-0.39, 0.29) is 17.5 Å². The first kappa shape index (κ1) is 19.7. The summed E-state index contributed by atoms with van der Waals surface area (Å²) in [6.45, 7) is 0.577. The standard InChI is InChI=1S/C21H25NO4/c1-2-3-4-5-19(23)12-10-18-11-13-20(24)22(18)15-14-16-6-8-17(9-7-16)21(25)26/h1,6-10,12,18-19,23H,3-5,11,13-15H2,(H,25,26). The molecule has 1 aromatic rings. The van der Waals surface area contributed by atoms with Gasteiger partial charge >= 0.3 is 5.97 Å². The fraction of sp³-hybridized carbons (Fsp3) is 0.429. The van der Waals surface area contributed by atoms with Crippen LogP contribution in [0.5, 0.6) is 0 Å². The van der Waals surface area contributed by atoms with Gasteiger partial charge in [-0.05, 0) is 43.4 Å². The smallest absolute Gasteiger partial charge is 0.335 e. The minimum absolute atomic E-state index is 0.00285. The number of carbonyl (C=O) groups excluding carboxylic acids is 1. The van der Waals surface area contributed by atoms with Gasteiger partial charge in [0.1, 0.15) is 0 Å². The SMILES string of the molecule is C#CCCCC(O)C=CC1CCC(=O)N1CCc1ccc(C(=O)O)cc1. The van der Waals surface area contributed by atoms with E-state index in [0.717, 1.165) is 18.4 Å². The number of likely N-dealkylation sites (tertiary alicyclic amines) is 1. The number of rotatable bonds is 9. The van der Waals surface area contributed by atoms with E-state index in [1.807, 2.05) is 11.0 Å². The lowest BCUT2D eigenvalue weighted by atomic mass is 10.1. The topological polar surface area (TPSA) is 77.8 Å². The molecule has 0 bridgehead atoms. The molecule has 1 aliphatic rings. The van der Waals surface area contributed by atoms with E-state index in [4.69, 9.17) is 11.5 Å². The lowest BCUT2D eigenvalue weighted by molar-refractivity contribution is -0.128. The second kappa shape index (κ2) is 9.79. The number of carbonyl (C=O) groups is 2. The van der Waals surface area contributed by atoms with Crippen molar-refractivity contribution in [3.8, 4) is 12.3 Å². The maximum Gasteiger partial charge on any atom is 0.335 e. The molecule has 1 fully saturated rings. The van der Waals surface area contributed by atoms with Crippen molar-refractivity contribution in [1.82, 2.24) is 4.90 Å². The van der Waals surface area contributed by atoms with Crippen molar-refractivity contribution in [2.24, 2.45) is 0 Å². The summed E-state index contributed by atoms with van der Waals surface area (Å²) >= 11 is 0. The van der Waals surface area contributed by atoms with Crippen LogP contribution in [0.1, 0.15) is 48.0 Å². The van der Waals surface area contributed by atoms with Crippen LogP contribution in [0.15, 0.2) is 36.4 Å². The molecule has 1 aromatic carbocycles. The summed E-state index contributed by atoms with van der Waals surface area (Å²) in [4.78, 5) is 24.8. The van der Waals surface area contributed by atoms with Crippen molar-refractivity contribution in [1.29, 1.82) is 0 Å². The highest BCUT2D eigenvalue weighted by atomic mass is 16.4. The first-order valence-corrected chi connectivity index (χ1v) is 8.93. The van der Waals surface area contributed by atoms with Gasteiger partial charge in [-0.1, -0.05) is 24.3 Å². The molecule has 2 rings (SSSR count). The minimum atomic E-state index is -0.947. The zero-order valence-corrected chi connectivity index (χ0v) is 14.8. The van der Waals surface area contributed by atoms with E-state index in [1.54, 1.807) is 30.3 Å². The molecular weight excluding hydrogens is 330 g/mol. The number of amides is 1. The molecule has 2 atom stereocenters. The average Bonchev–Trinajstić information content (AvgIpc) is 2.98. The van der Waals surface area contributed by atoms with Gasteiger partial charge in [-0.2, -0.15) is 0 Å². The van der Waals surface area contributed by atoms with Crippen LogP contribution in [0.3, 0.4) is 0 Å². The summed E-state index contributed by atoms with van der Waals surface area (Å²) < 4.78 is 0. The highest BCUT2D eigenvalue weighted by molar-refractivity contribution is 5.87. The van der Waals surface area contributed by atoms with Crippen molar-refractivity contribution in [2.75, 3.05) is 6.54 Å². The Bertz CT molecular complexity index is 687. The van der Waals surface area contributed by atoms with E-state index in [2.05, 4.69) is 5.92 Å². The second-order valence-corrected chi connectivity index (χ2v) is 6.49. The van der Waals surface area contributed by atoms with Gasteiger partial charge in [-0.15, -0.1) is 12.3 Å². The molecular formula is C21H25NO4. The average molecular weight is 355 g/mol. The van der Waals surface area contributed by atoms with Gasteiger partial charge in [-0.25, -0.2) is 4.79 Å². The first-order valence-electron chi connectivity index (χ1n) is 8.93. The first-order chi connectivity index (χ1) is 12.5. The molecule has 2 N–H and O–H groups in total. The number of unbranched alkanes of at least 4 members (excludes halogenated alkanes) is 1. The van der Waals surface area contributed by atoms with Gasteiger partial charge in [0, 0.05) is 19.4 Å². The molecule has 0 aromatic heterocycles. The van der Waals surface area contributed by atoms with E-state index >= 15 is 0 Å². The van der Waals surface area contributed by atoms with Crippen LogP contribution >= 0.6 is 0 Å². The van der Waals surface area contributed by atoms with E-state index in [1.165, 1.54) is 0 Å². The monoisotopic (exact) mass is 355 g/mol. The Morgan fingerprint density at radius 1 is 1.38 bits per heavy atom. The van der Waals surface area contributed by atoms with Crippen LogP contribution in [-0.2, 0) is 11.2 Å². The number of carboxylic acid groups (broad SMARTS) is 1. The molecule has 1 saturated heterocycles. The van der Waals surface area contributed by atoms with Crippen LogP contribution < -0.4 is 0 Å². The fourth-order valence-corrected chi connectivity index (χ4v) is 3.08. The summed E-state index contributed by atoms with van der Waals surface area (Å²) in [6, 6.07) is 6.72. The quantitative estimate of drug-likeness (QED) is 0.405. The molecule has 5 heteroatoms. The fourth-order valence-electron chi connectivity index (χ4n) is 3.08. The molecule has 1 aliphatic heterocycles. The predicted octanol–water partition coefficient (Wildman–Crippen LogP) is 2.64. The number of nitrogens with zero attached hydrogens (tertiary/aromatic N) is 1. The molecule has 0 saturated carbocycles. The van der Waals surface area contributed by atoms with Crippen molar-refractivity contribution in [2.45, 2.75) is 50.7 Å². The van der Waals surface area contributed by atoms with Gasteiger partial charge in [0.25, 0.3) is 0 Å².